The summed E-state index contributed by atoms with van der Waals surface area (Å²) in [4.78, 5) is 15.8. The molecule has 1 amide bonds. The molecule has 0 atom stereocenters. The van der Waals surface area contributed by atoms with Crippen molar-refractivity contribution in [3.05, 3.63) is 53.1 Å². The molecule has 0 radical (unpaired) electrons. The molecule has 3 rings (SSSR count). The van der Waals surface area contributed by atoms with Crippen molar-refractivity contribution in [3.8, 4) is 0 Å². The minimum absolute atomic E-state index is 0.0419. The third-order valence-electron chi connectivity index (χ3n) is 4.80. The molecule has 132 valence electrons. The average molecular weight is 355 g/mol. The number of rotatable bonds is 5. The van der Waals surface area contributed by atoms with Crippen LogP contribution in [0.4, 0.5) is 11.4 Å². The normalized spacial score (nSPS) is 14.0. The molecule has 2 aromatic carbocycles. The van der Waals surface area contributed by atoms with Crippen LogP contribution in [0.25, 0.3) is 0 Å². The van der Waals surface area contributed by atoms with Crippen LogP contribution in [-0.4, -0.2) is 24.7 Å². The number of carbonyl (C=O) groups is 1. The molecule has 1 fully saturated rings. The smallest absolute Gasteiger partial charge is 0.234 e. The summed E-state index contributed by atoms with van der Waals surface area (Å²) in [7, 11) is 0. The molecule has 0 unspecified atom stereocenters. The summed E-state index contributed by atoms with van der Waals surface area (Å²) in [6, 6.07) is 12.7. The quantitative estimate of drug-likeness (QED) is 0.772. The van der Waals surface area contributed by atoms with Gasteiger partial charge in [-0.25, -0.2) is 0 Å². The van der Waals surface area contributed by atoms with Crippen molar-refractivity contribution in [2.75, 3.05) is 29.1 Å². The third-order valence-corrected chi connectivity index (χ3v) is 5.80. The fourth-order valence-electron chi connectivity index (χ4n) is 3.10. The fourth-order valence-corrected chi connectivity index (χ4v) is 3.89. The Labute approximate surface area is 154 Å². The Balaban J connectivity index is 1.57. The van der Waals surface area contributed by atoms with Crippen LogP contribution in [0.3, 0.4) is 0 Å². The molecule has 25 heavy (non-hydrogen) atoms. The average Bonchev–Trinajstić information content (AvgIpc) is 3.12. The zero-order valence-electron chi connectivity index (χ0n) is 15.3. The van der Waals surface area contributed by atoms with Gasteiger partial charge < -0.3 is 10.2 Å². The Kier molecular flexibility index (Phi) is 5.69. The van der Waals surface area contributed by atoms with Gasteiger partial charge in [0.25, 0.3) is 0 Å². The Morgan fingerprint density at radius 1 is 1.00 bits per heavy atom. The highest BCUT2D eigenvalue weighted by Gasteiger charge is 2.13. The lowest BCUT2D eigenvalue weighted by atomic mass is 10.1. The summed E-state index contributed by atoms with van der Waals surface area (Å²) in [6.45, 7) is 8.54. The molecule has 0 saturated carbocycles. The first-order valence-electron chi connectivity index (χ1n) is 8.88. The van der Waals surface area contributed by atoms with E-state index < -0.39 is 0 Å². The van der Waals surface area contributed by atoms with Gasteiger partial charge in [0, 0.05) is 29.4 Å². The zero-order chi connectivity index (χ0) is 17.8. The number of nitrogens with zero attached hydrogens (tertiary/aromatic N) is 1. The number of anilines is 2. The molecule has 1 aliphatic rings. The van der Waals surface area contributed by atoms with Gasteiger partial charge in [-0.2, -0.15) is 0 Å². The maximum atomic E-state index is 12.3. The summed E-state index contributed by atoms with van der Waals surface area (Å²) in [6.07, 6.45) is 2.54. The molecule has 4 heteroatoms. The lowest BCUT2D eigenvalue weighted by Crippen LogP contribution is -2.18. The van der Waals surface area contributed by atoms with Crippen molar-refractivity contribution in [2.24, 2.45) is 0 Å². The van der Waals surface area contributed by atoms with Crippen LogP contribution >= 0.6 is 11.8 Å². The SMILES string of the molecule is Cc1ccc(SCC(=O)Nc2ccc(N3CCCC3)cc2C)cc1C. The van der Waals surface area contributed by atoms with E-state index in [2.05, 4.69) is 61.3 Å². The summed E-state index contributed by atoms with van der Waals surface area (Å²) in [5.41, 5.74) is 5.83. The molecule has 2 aromatic rings. The van der Waals surface area contributed by atoms with Crippen molar-refractivity contribution in [3.63, 3.8) is 0 Å². The van der Waals surface area contributed by atoms with Crippen LogP contribution in [0, 0.1) is 20.8 Å². The monoisotopic (exact) mass is 354 g/mol. The van der Waals surface area contributed by atoms with E-state index in [1.807, 2.05) is 6.07 Å². The third kappa shape index (κ3) is 4.57. The van der Waals surface area contributed by atoms with Crippen molar-refractivity contribution < 1.29 is 4.79 Å². The van der Waals surface area contributed by atoms with Gasteiger partial charge in [-0.05, 0) is 80.6 Å². The Bertz CT molecular complexity index is 766. The largest absolute Gasteiger partial charge is 0.372 e. The molecular weight excluding hydrogens is 328 g/mol. The van der Waals surface area contributed by atoms with E-state index in [0.717, 1.165) is 29.2 Å². The van der Waals surface area contributed by atoms with E-state index in [4.69, 9.17) is 0 Å². The topological polar surface area (TPSA) is 32.3 Å². The first kappa shape index (κ1) is 17.9. The van der Waals surface area contributed by atoms with Crippen LogP contribution in [0.15, 0.2) is 41.3 Å². The van der Waals surface area contributed by atoms with Crippen LogP contribution in [0.2, 0.25) is 0 Å². The standard InChI is InChI=1S/C21H26N2OS/c1-15-6-8-19(13-16(15)2)25-14-21(24)22-20-9-7-18(12-17(20)3)23-10-4-5-11-23/h6-9,12-13H,4-5,10-11,14H2,1-3H3,(H,22,24). The van der Waals surface area contributed by atoms with Gasteiger partial charge in [0.2, 0.25) is 5.91 Å². The first-order valence-corrected chi connectivity index (χ1v) is 9.87. The summed E-state index contributed by atoms with van der Waals surface area (Å²) < 4.78 is 0. The van der Waals surface area contributed by atoms with Gasteiger partial charge in [0.05, 0.1) is 5.75 Å². The zero-order valence-corrected chi connectivity index (χ0v) is 16.1. The highest BCUT2D eigenvalue weighted by molar-refractivity contribution is 8.00. The molecule has 3 nitrogen and oxygen atoms in total. The molecule has 0 bridgehead atoms. The van der Waals surface area contributed by atoms with E-state index in [1.54, 1.807) is 11.8 Å². The predicted molar refractivity (Wildman–Crippen MR) is 108 cm³/mol. The second kappa shape index (κ2) is 7.96. The molecule has 1 heterocycles. The minimum Gasteiger partial charge on any atom is -0.372 e. The Hall–Kier alpha value is -1.94. The summed E-state index contributed by atoms with van der Waals surface area (Å²) in [5, 5.41) is 3.05. The molecular formula is C21H26N2OS. The Morgan fingerprint density at radius 3 is 2.44 bits per heavy atom. The van der Waals surface area contributed by atoms with Crippen LogP contribution < -0.4 is 10.2 Å². The molecule has 0 spiro atoms. The molecule has 0 aliphatic carbocycles. The van der Waals surface area contributed by atoms with E-state index in [1.165, 1.54) is 29.7 Å². The van der Waals surface area contributed by atoms with Crippen LogP contribution in [0.1, 0.15) is 29.5 Å². The van der Waals surface area contributed by atoms with E-state index >= 15 is 0 Å². The molecule has 1 saturated heterocycles. The maximum Gasteiger partial charge on any atom is 0.234 e. The number of hydrogen-bond donors (Lipinski definition) is 1. The number of amides is 1. The van der Waals surface area contributed by atoms with Gasteiger partial charge in [-0.15, -0.1) is 11.8 Å². The van der Waals surface area contributed by atoms with Crippen molar-refractivity contribution >= 4 is 29.0 Å². The van der Waals surface area contributed by atoms with Crippen molar-refractivity contribution in [1.29, 1.82) is 0 Å². The summed E-state index contributed by atoms with van der Waals surface area (Å²) >= 11 is 1.58. The number of carbonyl (C=O) groups excluding carboxylic acids is 1. The van der Waals surface area contributed by atoms with Crippen molar-refractivity contribution in [1.82, 2.24) is 0 Å². The van der Waals surface area contributed by atoms with Gasteiger partial charge in [-0.3, -0.25) is 4.79 Å². The number of hydrogen-bond acceptors (Lipinski definition) is 3. The van der Waals surface area contributed by atoms with Gasteiger partial charge in [-0.1, -0.05) is 6.07 Å². The Morgan fingerprint density at radius 2 is 1.76 bits per heavy atom. The predicted octanol–water partition coefficient (Wildman–Crippen LogP) is 4.94. The lowest BCUT2D eigenvalue weighted by molar-refractivity contribution is -0.113. The lowest BCUT2D eigenvalue weighted by Gasteiger charge is -2.19. The van der Waals surface area contributed by atoms with Gasteiger partial charge in [0.15, 0.2) is 0 Å². The molecule has 1 aliphatic heterocycles. The number of benzene rings is 2. The highest BCUT2D eigenvalue weighted by Crippen LogP contribution is 2.26. The second-order valence-electron chi connectivity index (χ2n) is 6.78. The van der Waals surface area contributed by atoms with Crippen LogP contribution in [0.5, 0.6) is 0 Å². The van der Waals surface area contributed by atoms with Crippen molar-refractivity contribution in [2.45, 2.75) is 38.5 Å². The van der Waals surface area contributed by atoms with E-state index in [9.17, 15) is 4.79 Å². The number of aryl methyl sites for hydroxylation is 3. The first-order chi connectivity index (χ1) is 12.0. The fraction of sp³-hybridized carbons (Fsp3) is 0.381. The molecule has 0 aromatic heterocycles. The molecule has 1 N–H and O–H groups in total. The number of thioether (sulfide) groups is 1. The van der Waals surface area contributed by atoms with E-state index in [-0.39, 0.29) is 5.91 Å². The van der Waals surface area contributed by atoms with Gasteiger partial charge >= 0.3 is 0 Å². The summed E-state index contributed by atoms with van der Waals surface area (Å²) in [5.74, 6) is 0.468. The highest BCUT2D eigenvalue weighted by atomic mass is 32.2. The maximum absolute atomic E-state index is 12.3. The second-order valence-corrected chi connectivity index (χ2v) is 7.83. The van der Waals surface area contributed by atoms with E-state index in [0.29, 0.717) is 5.75 Å². The van der Waals surface area contributed by atoms with Crippen LogP contribution in [-0.2, 0) is 4.79 Å². The number of nitrogens with one attached hydrogen (secondary N) is 1. The van der Waals surface area contributed by atoms with Gasteiger partial charge in [0.1, 0.15) is 0 Å². The minimum atomic E-state index is 0.0419.